The van der Waals surface area contributed by atoms with Crippen molar-refractivity contribution in [3.05, 3.63) is 51.7 Å². The second-order valence-corrected chi connectivity index (χ2v) is 6.75. The maximum Gasteiger partial charge on any atom is 0.191 e. The lowest BCUT2D eigenvalue weighted by atomic mass is 10.0. The van der Waals surface area contributed by atoms with Gasteiger partial charge in [0.15, 0.2) is 5.96 Å². The van der Waals surface area contributed by atoms with E-state index in [2.05, 4.69) is 48.9 Å². The highest BCUT2D eigenvalue weighted by Gasteiger charge is 2.11. The summed E-state index contributed by atoms with van der Waals surface area (Å²) in [6.45, 7) is 8.76. The lowest BCUT2D eigenvalue weighted by Gasteiger charge is -2.18. The SMILES string of the molecule is CCNC(=NCc1sccc1C)NCC(C)c1ccccc1OC. The second-order valence-electron chi connectivity index (χ2n) is 5.75. The number of hydrogen-bond acceptors (Lipinski definition) is 3. The maximum atomic E-state index is 5.46. The molecule has 0 aliphatic heterocycles. The van der Waals surface area contributed by atoms with Gasteiger partial charge in [-0.05, 0) is 42.5 Å². The molecule has 0 radical (unpaired) electrons. The van der Waals surface area contributed by atoms with Crippen LogP contribution >= 0.6 is 11.3 Å². The average Bonchev–Trinajstić information content (AvgIpc) is 3.02. The molecule has 2 aromatic rings. The van der Waals surface area contributed by atoms with Gasteiger partial charge in [-0.25, -0.2) is 4.99 Å². The topological polar surface area (TPSA) is 45.7 Å². The van der Waals surface area contributed by atoms with Crippen LogP contribution in [0.25, 0.3) is 0 Å². The van der Waals surface area contributed by atoms with Gasteiger partial charge in [-0.15, -0.1) is 11.3 Å². The van der Waals surface area contributed by atoms with Crippen LogP contribution in [0.4, 0.5) is 0 Å². The van der Waals surface area contributed by atoms with E-state index in [4.69, 9.17) is 9.73 Å². The average molecular weight is 346 g/mol. The first-order valence-corrected chi connectivity index (χ1v) is 9.21. The number of aryl methyl sites for hydroxylation is 1. The van der Waals surface area contributed by atoms with Gasteiger partial charge in [0, 0.05) is 23.9 Å². The highest BCUT2D eigenvalue weighted by atomic mass is 32.1. The van der Waals surface area contributed by atoms with Crippen molar-refractivity contribution in [2.24, 2.45) is 4.99 Å². The number of para-hydroxylation sites is 1. The molecule has 0 saturated carbocycles. The third kappa shape index (κ3) is 4.99. The summed E-state index contributed by atoms with van der Waals surface area (Å²) in [4.78, 5) is 6.01. The van der Waals surface area contributed by atoms with Crippen molar-refractivity contribution in [1.29, 1.82) is 0 Å². The van der Waals surface area contributed by atoms with Gasteiger partial charge in [-0.1, -0.05) is 25.1 Å². The third-order valence-electron chi connectivity index (χ3n) is 3.94. The molecule has 24 heavy (non-hydrogen) atoms. The summed E-state index contributed by atoms with van der Waals surface area (Å²) in [5, 5.41) is 8.87. The van der Waals surface area contributed by atoms with E-state index < -0.39 is 0 Å². The Labute approximate surface area is 149 Å². The molecule has 0 saturated heterocycles. The predicted octanol–water partition coefficient (Wildman–Crippen LogP) is 3.92. The van der Waals surface area contributed by atoms with Gasteiger partial charge in [0.1, 0.15) is 5.75 Å². The predicted molar refractivity (Wildman–Crippen MR) is 103 cm³/mol. The number of nitrogens with zero attached hydrogens (tertiary/aromatic N) is 1. The number of ether oxygens (including phenoxy) is 1. The molecular weight excluding hydrogens is 318 g/mol. The molecule has 1 aromatic heterocycles. The molecule has 0 amide bonds. The number of rotatable bonds is 7. The molecule has 0 bridgehead atoms. The van der Waals surface area contributed by atoms with E-state index >= 15 is 0 Å². The third-order valence-corrected chi connectivity index (χ3v) is 4.95. The van der Waals surface area contributed by atoms with Crippen LogP contribution in [0.2, 0.25) is 0 Å². The zero-order chi connectivity index (χ0) is 17.4. The summed E-state index contributed by atoms with van der Waals surface area (Å²) in [7, 11) is 1.72. The zero-order valence-corrected chi connectivity index (χ0v) is 15.7. The van der Waals surface area contributed by atoms with Gasteiger partial charge in [-0.2, -0.15) is 0 Å². The molecule has 4 nitrogen and oxygen atoms in total. The van der Waals surface area contributed by atoms with Crippen molar-refractivity contribution < 1.29 is 4.74 Å². The van der Waals surface area contributed by atoms with Crippen molar-refractivity contribution >= 4 is 17.3 Å². The Morgan fingerprint density at radius 2 is 2.04 bits per heavy atom. The number of methoxy groups -OCH3 is 1. The van der Waals surface area contributed by atoms with E-state index in [0.717, 1.165) is 24.8 Å². The van der Waals surface area contributed by atoms with Gasteiger partial charge in [0.05, 0.1) is 13.7 Å². The number of nitrogens with one attached hydrogen (secondary N) is 2. The second kappa shape index (κ2) is 9.33. The minimum absolute atomic E-state index is 0.327. The number of benzene rings is 1. The molecule has 2 N–H and O–H groups in total. The molecule has 1 atom stereocenters. The van der Waals surface area contributed by atoms with Crippen molar-refractivity contribution in [3.8, 4) is 5.75 Å². The number of aliphatic imine (C=N–C) groups is 1. The highest BCUT2D eigenvalue weighted by molar-refractivity contribution is 7.10. The first-order valence-electron chi connectivity index (χ1n) is 8.33. The Hall–Kier alpha value is -2.01. The molecular formula is C19H27N3OS. The monoisotopic (exact) mass is 345 g/mol. The van der Waals surface area contributed by atoms with E-state index in [1.165, 1.54) is 16.0 Å². The molecule has 0 aliphatic rings. The first kappa shape index (κ1) is 18.3. The summed E-state index contributed by atoms with van der Waals surface area (Å²) in [5.41, 5.74) is 2.51. The standard InChI is InChI=1S/C19H27N3OS/c1-5-20-19(22-13-18-14(2)10-11-24-18)21-12-15(3)16-8-6-7-9-17(16)23-4/h6-11,15H,5,12-13H2,1-4H3,(H2,20,21,22). The minimum Gasteiger partial charge on any atom is -0.496 e. The Morgan fingerprint density at radius 1 is 1.25 bits per heavy atom. The van der Waals surface area contributed by atoms with Crippen LogP contribution in [0, 0.1) is 6.92 Å². The largest absolute Gasteiger partial charge is 0.496 e. The van der Waals surface area contributed by atoms with Crippen LogP contribution in [0.3, 0.4) is 0 Å². The molecule has 1 aromatic carbocycles. The van der Waals surface area contributed by atoms with E-state index in [9.17, 15) is 0 Å². The van der Waals surface area contributed by atoms with Crippen LogP contribution in [0.5, 0.6) is 5.75 Å². The van der Waals surface area contributed by atoms with E-state index in [1.807, 2.05) is 18.2 Å². The molecule has 0 fully saturated rings. The summed E-state index contributed by atoms with van der Waals surface area (Å²) in [6, 6.07) is 10.3. The van der Waals surface area contributed by atoms with Crippen molar-refractivity contribution in [2.45, 2.75) is 33.2 Å². The van der Waals surface area contributed by atoms with Crippen LogP contribution in [-0.4, -0.2) is 26.2 Å². The molecule has 130 valence electrons. The van der Waals surface area contributed by atoms with Gasteiger partial charge in [-0.3, -0.25) is 0 Å². The fraction of sp³-hybridized carbons (Fsp3) is 0.421. The molecule has 2 rings (SSSR count). The fourth-order valence-electron chi connectivity index (χ4n) is 2.49. The van der Waals surface area contributed by atoms with Gasteiger partial charge < -0.3 is 15.4 Å². The molecule has 1 heterocycles. The molecule has 5 heteroatoms. The molecule has 0 spiro atoms. The van der Waals surface area contributed by atoms with Crippen LogP contribution < -0.4 is 15.4 Å². The summed E-state index contributed by atoms with van der Waals surface area (Å²) in [6.07, 6.45) is 0. The molecule has 1 unspecified atom stereocenters. The Bertz CT molecular complexity index is 666. The number of hydrogen-bond donors (Lipinski definition) is 2. The van der Waals surface area contributed by atoms with Crippen molar-refractivity contribution in [2.75, 3.05) is 20.2 Å². The van der Waals surface area contributed by atoms with Crippen LogP contribution in [0.1, 0.15) is 35.8 Å². The van der Waals surface area contributed by atoms with E-state index in [0.29, 0.717) is 12.5 Å². The summed E-state index contributed by atoms with van der Waals surface area (Å²) < 4.78 is 5.46. The van der Waals surface area contributed by atoms with E-state index in [-0.39, 0.29) is 0 Å². The van der Waals surface area contributed by atoms with Crippen LogP contribution in [-0.2, 0) is 6.54 Å². The minimum atomic E-state index is 0.327. The van der Waals surface area contributed by atoms with E-state index in [1.54, 1.807) is 18.4 Å². The van der Waals surface area contributed by atoms with Gasteiger partial charge in [0.2, 0.25) is 0 Å². The van der Waals surface area contributed by atoms with Gasteiger partial charge >= 0.3 is 0 Å². The lowest BCUT2D eigenvalue weighted by Crippen LogP contribution is -2.39. The van der Waals surface area contributed by atoms with Crippen molar-refractivity contribution in [3.63, 3.8) is 0 Å². The zero-order valence-electron chi connectivity index (χ0n) is 14.9. The fourth-order valence-corrected chi connectivity index (χ4v) is 3.32. The Morgan fingerprint density at radius 3 is 2.71 bits per heavy atom. The normalized spacial score (nSPS) is 12.8. The Balaban J connectivity index is 1.99. The highest BCUT2D eigenvalue weighted by Crippen LogP contribution is 2.25. The number of guanidine groups is 1. The Kier molecular flexibility index (Phi) is 7.12. The quantitative estimate of drug-likeness (QED) is 0.590. The van der Waals surface area contributed by atoms with Crippen LogP contribution in [0.15, 0.2) is 40.7 Å². The lowest BCUT2D eigenvalue weighted by molar-refractivity contribution is 0.406. The number of thiophene rings is 1. The summed E-state index contributed by atoms with van der Waals surface area (Å²) in [5.74, 6) is 2.11. The first-order chi connectivity index (χ1) is 11.7. The van der Waals surface area contributed by atoms with Gasteiger partial charge in [0.25, 0.3) is 0 Å². The molecule has 0 aliphatic carbocycles. The van der Waals surface area contributed by atoms with Crippen molar-refractivity contribution in [1.82, 2.24) is 10.6 Å². The summed E-state index contributed by atoms with van der Waals surface area (Å²) >= 11 is 1.76. The maximum absolute atomic E-state index is 5.46. The smallest absolute Gasteiger partial charge is 0.191 e.